The number of rotatable bonds is 6. The van der Waals surface area contributed by atoms with Crippen LogP contribution in [0.4, 0.5) is 4.79 Å². The Hall–Kier alpha value is -2.57. The Kier molecular flexibility index (Phi) is 7.00. The van der Waals surface area contributed by atoms with Gasteiger partial charge >= 0.3 is 12.0 Å². The molecule has 0 heterocycles. The largest absolute Gasteiger partial charge is 0.481 e. The van der Waals surface area contributed by atoms with Crippen molar-refractivity contribution in [1.29, 1.82) is 0 Å². The topological polar surface area (TPSA) is 93.7 Å². The van der Waals surface area contributed by atoms with Crippen LogP contribution in [0.5, 0.6) is 5.75 Å². The lowest BCUT2D eigenvalue weighted by molar-refractivity contribution is -0.156. The highest BCUT2D eigenvalue weighted by Gasteiger charge is 2.23. The molecule has 1 aromatic rings. The molecule has 26 heavy (non-hydrogen) atoms. The van der Waals surface area contributed by atoms with Crippen LogP contribution in [0.3, 0.4) is 0 Å². The molecule has 0 aromatic heterocycles. The molecule has 3 amide bonds. The van der Waals surface area contributed by atoms with Crippen LogP contribution in [0.25, 0.3) is 0 Å². The van der Waals surface area contributed by atoms with Gasteiger partial charge in [0.1, 0.15) is 5.75 Å². The van der Waals surface area contributed by atoms with E-state index in [9.17, 15) is 14.4 Å². The Morgan fingerprint density at radius 3 is 2.38 bits per heavy atom. The number of urea groups is 1. The van der Waals surface area contributed by atoms with Gasteiger partial charge in [0.15, 0.2) is 12.7 Å². The monoisotopic (exact) mass is 362 g/mol. The van der Waals surface area contributed by atoms with Crippen LogP contribution >= 0.6 is 0 Å². The van der Waals surface area contributed by atoms with Crippen LogP contribution in [0.2, 0.25) is 0 Å². The molecule has 1 fully saturated rings. The van der Waals surface area contributed by atoms with Crippen LogP contribution in [-0.4, -0.2) is 36.7 Å². The number of para-hydroxylation sites is 1. The van der Waals surface area contributed by atoms with E-state index in [0.717, 1.165) is 36.8 Å². The van der Waals surface area contributed by atoms with Gasteiger partial charge in [-0.15, -0.1) is 0 Å². The van der Waals surface area contributed by atoms with Gasteiger partial charge in [-0.2, -0.15) is 0 Å². The Balaban J connectivity index is 1.75. The fraction of sp³-hybridized carbons (Fsp3) is 0.526. The molecule has 7 nitrogen and oxygen atoms in total. The third-order valence-corrected chi connectivity index (χ3v) is 4.35. The fourth-order valence-corrected chi connectivity index (χ4v) is 2.95. The minimum absolute atomic E-state index is 0.103. The second-order valence-corrected chi connectivity index (χ2v) is 6.59. The van der Waals surface area contributed by atoms with E-state index in [1.807, 2.05) is 32.0 Å². The van der Waals surface area contributed by atoms with Crippen LogP contribution < -0.4 is 15.4 Å². The molecule has 1 aromatic carbocycles. The molecular weight excluding hydrogens is 336 g/mol. The molecule has 7 heteroatoms. The van der Waals surface area contributed by atoms with Gasteiger partial charge in [0, 0.05) is 6.04 Å². The maximum absolute atomic E-state index is 12.0. The maximum Gasteiger partial charge on any atom is 0.344 e. The van der Waals surface area contributed by atoms with Crippen molar-refractivity contribution in [3.8, 4) is 5.75 Å². The van der Waals surface area contributed by atoms with E-state index < -0.39 is 24.0 Å². The number of ether oxygens (including phenoxy) is 2. The molecule has 0 unspecified atom stereocenters. The summed E-state index contributed by atoms with van der Waals surface area (Å²) in [6.45, 7) is 4.87. The van der Waals surface area contributed by atoms with Crippen molar-refractivity contribution in [3.05, 3.63) is 29.3 Å². The van der Waals surface area contributed by atoms with Gasteiger partial charge in [0.2, 0.25) is 0 Å². The molecular formula is C19H26N2O5. The summed E-state index contributed by atoms with van der Waals surface area (Å²) in [6.07, 6.45) is 2.91. The Morgan fingerprint density at radius 1 is 1.15 bits per heavy atom. The zero-order valence-corrected chi connectivity index (χ0v) is 15.5. The van der Waals surface area contributed by atoms with Crippen molar-refractivity contribution in [1.82, 2.24) is 10.6 Å². The van der Waals surface area contributed by atoms with E-state index in [1.54, 1.807) is 0 Å². The number of nitrogens with one attached hydrogen (secondary N) is 2. The average molecular weight is 362 g/mol. The van der Waals surface area contributed by atoms with Crippen molar-refractivity contribution >= 4 is 17.9 Å². The van der Waals surface area contributed by atoms with Crippen LogP contribution in [0.15, 0.2) is 18.2 Å². The molecule has 0 saturated heterocycles. The third kappa shape index (κ3) is 5.75. The van der Waals surface area contributed by atoms with Gasteiger partial charge in [-0.3, -0.25) is 10.1 Å². The van der Waals surface area contributed by atoms with Crippen molar-refractivity contribution in [2.24, 2.45) is 0 Å². The first-order valence-corrected chi connectivity index (χ1v) is 8.86. The van der Waals surface area contributed by atoms with E-state index in [1.165, 1.54) is 6.92 Å². The second kappa shape index (κ2) is 9.22. The summed E-state index contributed by atoms with van der Waals surface area (Å²) in [5.41, 5.74) is 1.82. The molecule has 1 aliphatic rings. The van der Waals surface area contributed by atoms with E-state index >= 15 is 0 Å². The van der Waals surface area contributed by atoms with Crippen molar-refractivity contribution in [3.63, 3.8) is 0 Å². The summed E-state index contributed by atoms with van der Waals surface area (Å²) in [6, 6.07) is 5.21. The smallest absolute Gasteiger partial charge is 0.344 e. The van der Waals surface area contributed by atoms with Gasteiger partial charge < -0.3 is 14.8 Å². The minimum atomic E-state index is -1.08. The fourth-order valence-electron chi connectivity index (χ4n) is 2.95. The number of hydrogen-bond donors (Lipinski definition) is 2. The standard InChI is InChI=1S/C19H26N2O5/c1-12-7-6-8-13(2)17(12)25-11-16(22)26-14(3)18(23)21-19(24)20-15-9-4-5-10-15/h6-8,14-15H,4-5,9-11H2,1-3H3,(H2,20,21,23,24)/t14-/m0/s1. The van der Waals surface area contributed by atoms with Crippen molar-refractivity contribution in [2.75, 3.05) is 6.61 Å². The maximum atomic E-state index is 12.0. The zero-order valence-electron chi connectivity index (χ0n) is 15.5. The number of imide groups is 1. The highest BCUT2D eigenvalue weighted by Crippen LogP contribution is 2.22. The summed E-state index contributed by atoms with van der Waals surface area (Å²) in [7, 11) is 0. The molecule has 142 valence electrons. The van der Waals surface area contributed by atoms with Crippen molar-refractivity contribution in [2.45, 2.75) is 58.6 Å². The molecule has 0 aliphatic heterocycles. The summed E-state index contributed by atoms with van der Waals surface area (Å²) in [5.74, 6) is -0.718. The SMILES string of the molecule is Cc1cccc(C)c1OCC(=O)O[C@@H](C)C(=O)NC(=O)NC1CCCC1. The average Bonchev–Trinajstić information content (AvgIpc) is 3.07. The zero-order chi connectivity index (χ0) is 19.1. The summed E-state index contributed by atoms with van der Waals surface area (Å²) < 4.78 is 10.5. The number of carbonyl (C=O) groups is 3. The first-order valence-electron chi connectivity index (χ1n) is 8.86. The molecule has 1 atom stereocenters. The number of esters is 1. The number of hydrogen-bond acceptors (Lipinski definition) is 5. The highest BCUT2D eigenvalue weighted by molar-refractivity contribution is 5.97. The van der Waals surface area contributed by atoms with E-state index in [0.29, 0.717) is 5.75 Å². The van der Waals surface area contributed by atoms with Gasteiger partial charge in [-0.25, -0.2) is 9.59 Å². The summed E-state index contributed by atoms with van der Waals surface area (Å²) >= 11 is 0. The van der Waals surface area contributed by atoms with E-state index in [-0.39, 0.29) is 12.6 Å². The van der Waals surface area contributed by atoms with Gasteiger partial charge in [-0.1, -0.05) is 31.0 Å². The lowest BCUT2D eigenvalue weighted by Gasteiger charge is -2.16. The molecule has 0 bridgehead atoms. The molecule has 0 radical (unpaired) electrons. The van der Waals surface area contributed by atoms with Crippen LogP contribution in [0, 0.1) is 13.8 Å². The minimum Gasteiger partial charge on any atom is -0.481 e. The van der Waals surface area contributed by atoms with Gasteiger partial charge in [-0.05, 0) is 44.7 Å². The first kappa shape index (κ1) is 19.8. The predicted octanol–water partition coefficient (Wildman–Crippen LogP) is 2.38. The first-order chi connectivity index (χ1) is 12.4. The quantitative estimate of drug-likeness (QED) is 0.758. The number of benzene rings is 1. The van der Waals surface area contributed by atoms with Crippen molar-refractivity contribution < 1.29 is 23.9 Å². The van der Waals surface area contributed by atoms with E-state index in [4.69, 9.17) is 9.47 Å². The van der Waals surface area contributed by atoms with E-state index in [2.05, 4.69) is 10.6 Å². The predicted molar refractivity (Wildman–Crippen MR) is 95.9 cm³/mol. The lowest BCUT2D eigenvalue weighted by atomic mass is 10.1. The number of amides is 3. The number of aryl methyl sites for hydroxylation is 2. The molecule has 2 N–H and O–H groups in total. The third-order valence-electron chi connectivity index (χ3n) is 4.35. The summed E-state index contributed by atoms with van der Waals surface area (Å²) in [4.78, 5) is 35.6. The molecule has 2 rings (SSSR count). The second-order valence-electron chi connectivity index (χ2n) is 6.59. The molecule has 0 spiro atoms. The Labute approximate surface area is 153 Å². The van der Waals surface area contributed by atoms with Gasteiger partial charge in [0.25, 0.3) is 5.91 Å². The van der Waals surface area contributed by atoms with Crippen LogP contribution in [-0.2, 0) is 14.3 Å². The Morgan fingerprint density at radius 2 is 1.77 bits per heavy atom. The highest BCUT2D eigenvalue weighted by atomic mass is 16.6. The Bertz CT molecular complexity index is 648. The molecule has 1 aliphatic carbocycles. The lowest BCUT2D eigenvalue weighted by Crippen LogP contribution is -2.47. The molecule has 1 saturated carbocycles. The number of carbonyl (C=O) groups excluding carboxylic acids is 3. The normalized spacial score (nSPS) is 15.2. The van der Waals surface area contributed by atoms with Gasteiger partial charge in [0.05, 0.1) is 0 Å². The summed E-state index contributed by atoms with van der Waals surface area (Å²) in [5, 5.41) is 4.94. The van der Waals surface area contributed by atoms with Crippen LogP contribution in [0.1, 0.15) is 43.7 Å².